The van der Waals surface area contributed by atoms with Crippen LogP contribution in [-0.4, -0.2) is 26.9 Å². The zero-order valence-corrected chi connectivity index (χ0v) is 14.8. The second-order valence-electron chi connectivity index (χ2n) is 6.23. The van der Waals surface area contributed by atoms with E-state index in [0.717, 1.165) is 16.3 Å². The Balaban J connectivity index is 1.88. The van der Waals surface area contributed by atoms with Crippen molar-refractivity contribution in [1.29, 1.82) is 0 Å². The van der Waals surface area contributed by atoms with E-state index in [0.29, 0.717) is 5.52 Å². The molecule has 0 aliphatic carbocycles. The summed E-state index contributed by atoms with van der Waals surface area (Å²) in [6.45, 7) is 2.02. The number of aromatic hydroxyl groups is 1. The predicted octanol–water partition coefficient (Wildman–Crippen LogP) is 3.18. The van der Waals surface area contributed by atoms with Crippen molar-refractivity contribution in [3.8, 4) is 5.75 Å². The first kappa shape index (κ1) is 16.9. The Bertz CT molecular complexity index is 1220. The van der Waals surface area contributed by atoms with Crippen LogP contribution in [0.3, 0.4) is 0 Å². The molecule has 136 valence electrons. The van der Waals surface area contributed by atoms with Crippen molar-refractivity contribution >= 4 is 22.3 Å². The van der Waals surface area contributed by atoms with E-state index in [1.165, 1.54) is 4.68 Å². The fraction of sp³-hybridized carbons (Fsp3) is 0.143. The Hall–Kier alpha value is -3.54. The summed E-state index contributed by atoms with van der Waals surface area (Å²) in [5.74, 6) is -1.19. The Morgan fingerprint density at radius 3 is 2.63 bits per heavy atom. The lowest BCUT2D eigenvalue weighted by Crippen LogP contribution is -2.32. The standard InChI is InChI=1S/C21H18N2O4/c1-2-27-21(26)18-19(24)17-8-5-11-22(17)23(20(18)25)13-14-9-10-15-6-3-4-7-16(15)12-14/h3-12,24H,2,13H2,1H3. The van der Waals surface area contributed by atoms with Gasteiger partial charge in [0, 0.05) is 6.20 Å². The maximum Gasteiger partial charge on any atom is 0.347 e. The van der Waals surface area contributed by atoms with E-state index in [1.54, 1.807) is 29.8 Å². The van der Waals surface area contributed by atoms with Crippen LogP contribution in [0.25, 0.3) is 16.3 Å². The lowest BCUT2D eigenvalue weighted by Gasteiger charge is -2.14. The normalized spacial score (nSPS) is 11.1. The minimum Gasteiger partial charge on any atom is -0.505 e. The summed E-state index contributed by atoms with van der Waals surface area (Å²) in [6, 6.07) is 17.3. The summed E-state index contributed by atoms with van der Waals surface area (Å²) < 4.78 is 7.93. The van der Waals surface area contributed by atoms with Gasteiger partial charge in [0.25, 0.3) is 5.56 Å². The number of carbonyl (C=O) groups excluding carboxylic acids is 1. The molecule has 2 aromatic carbocycles. The van der Waals surface area contributed by atoms with Gasteiger partial charge in [-0.05, 0) is 41.5 Å². The first-order valence-electron chi connectivity index (χ1n) is 8.68. The van der Waals surface area contributed by atoms with Gasteiger partial charge >= 0.3 is 5.97 Å². The molecule has 0 spiro atoms. The van der Waals surface area contributed by atoms with Gasteiger partial charge in [0.2, 0.25) is 0 Å². The van der Waals surface area contributed by atoms with Crippen LogP contribution in [-0.2, 0) is 11.3 Å². The molecule has 0 radical (unpaired) electrons. The van der Waals surface area contributed by atoms with E-state index < -0.39 is 11.5 Å². The molecule has 0 saturated carbocycles. The van der Waals surface area contributed by atoms with E-state index in [1.807, 2.05) is 42.5 Å². The third kappa shape index (κ3) is 2.85. The fourth-order valence-corrected chi connectivity index (χ4v) is 3.27. The van der Waals surface area contributed by atoms with Gasteiger partial charge in [-0.1, -0.05) is 36.4 Å². The Morgan fingerprint density at radius 1 is 1.07 bits per heavy atom. The van der Waals surface area contributed by atoms with Gasteiger partial charge < -0.3 is 9.84 Å². The molecule has 0 unspecified atom stereocenters. The van der Waals surface area contributed by atoms with Crippen molar-refractivity contribution in [3.05, 3.63) is 82.3 Å². The third-order valence-electron chi connectivity index (χ3n) is 4.54. The van der Waals surface area contributed by atoms with Gasteiger partial charge in [-0.3, -0.25) is 9.31 Å². The Kier molecular flexibility index (Phi) is 4.16. The summed E-state index contributed by atoms with van der Waals surface area (Å²) in [6.07, 6.45) is 1.67. The van der Waals surface area contributed by atoms with Gasteiger partial charge in [-0.2, -0.15) is 0 Å². The fourth-order valence-electron chi connectivity index (χ4n) is 3.27. The molecule has 1 N–H and O–H groups in total. The highest BCUT2D eigenvalue weighted by Crippen LogP contribution is 2.23. The zero-order chi connectivity index (χ0) is 19.0. The number of benzene rings is 2. The van der Waals surface area contributed by atoms with Crippen molar-refractivity contribution in [1.82, 2.24) is 9.20 Å². The topological polar surface area (TPSA) is 72.9 Å². The Morgan fingerprint density at radius 2 is 1.85 bits per heavy atom. The quantitative estimate of drug-likeness (QED) is 0.566. The first-order valence-corrected chi connectivity index (χ1v) is 8.68. The molecule has 0 amide bonds. The van der Waals surface area contributed by atoms with Crippen LogP contribution in [0.2, 0.25) is 0 Å². The highest BCUT2D eigenvalue weighted by Gasteiger charge is 2.23. The van der Waals surface area contributed by atoms with Gasteiger partial charge in [-0.25, -0.2) is 9.48 Å². The minimum absolute atomic E-state index is 0.120. The number of ether oxygens (including phenoxy) is 1. The molecule has 0 fully saturated rings. The molecule has 6 nitrogen and oxygen atoms in total. The smallest absolute Gasteiger partial charge is 0.347 e. The minimum atomic E-state index is -0.823. The molecule has 4 aromatic rings. The molecule has 4 rings (SSSR count). The van der Waals surface area contributed by atoms with Crippen molar-refractivity contribution in [2.75, 3.05) is 6.61 Å². The molecular formula is C21H18N2O4. The molecule has 0 bridgehead atoms. The van der Waals surface area contributed by atoms with Gasteiger partial charge in [0.05, 0.1) is 13.2 Å². The molecule has 2 heterocycles. The van der Waals surface area contributed by atoms with Crippen LogP contribution in [0.4, 0.5) is 0 Å². The van der Waals surface area contributed by atoms with E-state index in [9.17, 15) is 14.7 Å². The molecule has 0 aliphatic heterocycles. The summed E-state index contributed by atoms with van der Waals surface area (Å²) in [7, 11) is 0. The molecule has 6 heteroatoms. The number of nitrogens with zero attached hydrogens (tertiary/aromatic N) is 2. The number of rotatable bonds is 4. The third-order valence-corrected chi connectivity index (χ3v) is 4.54. The summed E-state index contributed by atoms with van der Waals surface area (Å²) >= 11 is 0. The number of fused-ring (bicyclic) bond motifs is 2. The van der Waals surface area contributed by atoms with E-state index in [2.05, 4.69) is 0 Å². The maximum absolute atomic E-state index is 13.0. The summed E-state index contributed by atoms with van der Waals surface area (Å²) in [5, 5.41) is 12.6. The molecule has 27 heavy (non-hydrogen) atoms. The molecule has 0 atom stereocenters. The average molecular weight is 362 g/mol. The maximum atomic E-state index is 13.0. The highest BCUT2D eigenvalue weighted by atomic mass is 16.5. The van der Waals surface area contributed by atoms with Crippen molar-refractivity contribution in [3.63, 3.8) is 0 Å². The highest BCUT2D eigenvalue weighted by molar-refractivity contribution is 5.94. The van der Waals surface area contributed by atoms with Gasteiger partial charge in [-0.15, -0.1) is 0 Å². The Labute approximate surface area is 154 Å². The molecule has 2 aromatic heterocycles. The van der Waals surface area contributed by atoms with Crippen molar-refractivity contribution in [2.45, 2.75) is 13.5 Å². The first-order chi connectivity index (χ1) is 13.1. The second kappa shape index (κ2) is 6.64. The van der Waals surface area contributed by atoms with Gasteiger partial charge in [0.1, 0.15) is 5.52 Å². The second-order valence-corrected chi connectivity index (χ2v) is 6.23. The zero-order valence-electron chi connectivity index (χ0n) is 14.8. The SMILES string of the molecule is CCOC(=O)c1c(O)c2cccn2n(Cc2ccc3ccccc3c2)c1=O. The largest absolute Gasteiger partial charge is 0.505 e. The van der Waals surface area contributed by atoms with E-state index >= 15 is 0 Å². The van der Waals surface area contributed by atoms with Crippen LogP contribution >= 0.6 is 0 Å². The lowest BCUT2D eigenvalue weighted by molar-refractivity contribution is 0.0519. The molecule has 0 aliphatic rings. The van der Waals surface area contributed by atoms with Crippen LogP contribution in [0.5, 0.6) is 5.75 Å². The predicted molar refractivity (Wildman–Crippen MR) is 102 cm³/mol. The van der Waals surface area contributed by atoms with Gasteiger partial charge in [0.15, 0.2) is 11.3 Å². The van der Waals surface area contributed by atoms with Crippen LogP contribution < -0.4 is 5.56 Å². The number of esters is 1. The van der Waals surface area contributed by atoms with E-state index in [4.69, 9.17) is 4.74 Å². The summed E-state index contributed by atoms with van der Waals surface area (Å²) in [4.78, 5) is 25.2. The van der Waals surface area contributed by atoms with Crippen LogP contribution in [0.1, 0.15) is 22.8 Å². The molecule has 0 saturated heterocycles. The molecular weight excluding hydrogens is 344 g/mol. The van der Waals surface area contributed by atoms with E-state index in [-0.39, 0.29) is 24.5 Å². The number of hydrogen-bond donors (Lipinski definition) is 1. The average Bonchev–Trinajstić information content (AvgIpc) is 3.15. The van der Waals surface area contributed by atoms with Crippen molar-refractivity contribution < 1.29 is 14.6 Å². The lowest BCUT2D eigenvalue weighted by atomic mass is 10.1. The number of carbonyl (C=O) groups is 1. The van der Waals surface area contributed by atoms with Crippen LogP contribution in [0, 0.1) is 0 Å². The monoisotopic (exact) mass is 362 g/mol. The summed E-state index contributed by atoms with van der Waals surface area (Å²) in [5.41, 5.74) is 0.344. The number of aromatic nitrogens is 2. The number of hydrogen-bond acceptors (Lipinski definition) is 4. The van der Waals surface area contributed by atoms with Crippen LogP contribution in [0.15, 0.2) is 65.6 Å². The van der Waals surface area contributed by atoms with Crippen molar-refractivity contribution in [2.24, 2.45) is 0 Å².